The van der Waals surface area contributed by atoms with E-state index in [1.807, 2.05) is 0 Å². The van der Waals surface area contributed by atoms with Gasteiger partial charge in [0.05, 0.1) is 27.9 Å². The summed E-state index contributed by atoms with van der Waals surface area (Å²) in [6.07, 6.45) is 1.54. The number of ether oxygens (including phenoxy) is 2. The molecule has 1 aliphatic rings. The smallest absolute Gasteiger partial charge is 0.293 e. The molecule has 2 amide bonds. The average molecular weight is 536 g/mol. The van der Waals surface area contributed by atoms with Crippen LogP contribution in [0, 0.1) is 20.2 Å². The van der Waals surface area contributed by atoms with Crippen LogP contribution in [0.5, 0.6) is 11.5 Å². The van der Waals surface area contributed by atoms with Gasteiger partial charge in [-0.15, -0.1) is 0 Å². The van der Waals surface area contributed by atoms with Crippen LogP contribution in [0.15, 0.2) is 71.6 Å². The first kappa shape index (κ1) is 26.4. The molecule has 12 heteroatoms. The number of non-ortho nitro benzene ring substituents is 1. The van der Waals surface area contributed by atoms with Crippen LogP contribution < -0.4 is 9.47 Å². The molecule has 194 valence electrons. The normalized spacial score (nSPS) is 14.1. The summed E-state index contributed by atoms with van der Waals surface area (Å²) in [6, 6.07) is 17.0. The van der Waals surface area contributed by atoms with E-state index in [1.165, 1.54) is 36.4 Å². The lowest BCUT2D eigenvalue weighted by Gasteiger charge is -2.13. The molecule has 0 atom stereocenters. The molecule has 0 aliphatic carbocycles. The van der Waals surface area contributed by atoms with Crippen molar-refractivity contribution in [3.8, 4) is 11.5 Å². The minimum absolute atomic E-state index is 0.0395. The maximum absolute atomic E-state index is 13.0. The molecular weight excluding hydrogens is 514 g/mol. The summed E-state index contributed by atoms with van der Waals surface area (Å²) in [7, 11) is 0. The van der Waals surface area contributed by atoms with Gasteiger partial charge in [-0.2, -0.15) is 0 Å². The predicted molar refractivity (Wildman–Crippen MR) is 140 cm³/mol. The number of benzene rings is 3. The highest BCUT2D eigenvalue weighted by Crippen LogP contribution is 2.36. The molecule has 3 aromatic carbocycles. The zero-order chi connectivity index (χ0) is 27.2. The van der Waals surface area contributed by atoms with Crippen LogP contribution in [-0.4, -0.2) is 32.5 Å². The highest BCUT2D eigenvalue weighted by atomic mass is 32.2. The molecule has 0 saturated carbocycles. The summed E-state index contributed by atoms with van der Waals surface area (Å²) in [4.78, 5) is 47.9. The number of nitro benzene ring substituents is 2. The maximum atomic E-state index is 13.0. The van der Waals surface area contributed by atoms with Crippen molar-refractivity contribution in [2.45, 2.75) is 20.1 Å². The maximum Gasteiger partial charge on any atom is 0.293 e. The second-order valence-electron chi connectivity index (χ2n) is 8.01. The minimum atomic E-state index is -0.554. The summed E-state index contributed by atoms with van der Waals surface area (Å²) in [5.74, 6) is 0.243. The third-order valence-electron chi connectivity index (χ3n) is 5.47. The number of carbonyl (C=O) groups is 2. The van der Waals surface area contributed by atoms with E-state index in [-0.39, 0.29) is 35.0 Å². The molecule has 0 spiro atoms. The summed E-state index contributed by atoms with van der Waals surface area (Å²) < 4.78 is 11.5. The molecular formula is C26H21N3O8S. The third-order valence-corrected chi connectivity index (χ3v) is 6.38. The molecule has 11 nitrogen and oxygen atoms in total. The Labute approximate surface area is 221 Å². The van der Waals surface area contributed by atoms with Crippen LogP contribution in [0.3, 0.4) is 0 Å². The number of hydrogen-bond acceptors (Lipinski definition) is 9. The minimum Gasteiger partial charge on any atom is -0.490 e. The van der Waals surface area contributed by atoms with Gasteiger partial charge in [0.2, 0.25) is 0 Å². The van der Waals surface area contributed by atoms with E-state index in [2.05, 4.69) is 0 Å². The first-order valence-electron chi connectivity index (χ1n) is 11.4. The number of nitro groups is 2. The molecule has 0 radical (unpaired) electrons. The Morgan fingerprint density at radius 1 is 0.921 bits per heavy atom. The van der Waals surface area contributed by atoms with Crippen molar-refractivity contribution in [2.75, 3.05) is 6.61 Å². The van der Waals surface area contributed by atoms with E-state index in [4.69, 9.17) is 9.47 Å². The Morgan fingerprint density at radius 3 is 2.45 bits per heavy atom. The number of hydrogen-bond donors (Lipinski definition) is 0. The van der Waals surface area contributed by atoms with Crippen molar-refractivity contribution in [3.05, 3.63) is 109 Å². The van der Waals surface area contributed by atoms with Gasteiger partial charge in [0.1, 0.15) is 6.61 Å². The predicted octanol–water partition coefficient (Wildman–Crippen LogP) is 5.72. The molecule has 38 heavy (non-hydrogen) atoms. The fraction of sp³-hybridized carbons (Fsp3) is 0.154. The molecule has 0 bridgehead atoms. The van der Waals surface area contributed by atoms with E-state index in [9.17, 15) is 29.8 Å². The highest BCUT2D eigenvalue weighted by Gasteiger charge is 2.36. The van der Waals surface area contributed by atoms with E-state index < -0.39 is 21.0 Å². The van der Waals surface area contributed by atoms with Gasteiger partial charge in [-0.3, -0.25) is 34.7 Å². The summed E-state index contributed by atoms with van der Waals surface area (Å²) in [5.41, 5.74) is 1.23. The Morgan fingerprint density at radius 2 is 1.71 bits per heavy atom. The number of amides is 2. The lowest BCUT2D eigenvalue weighted by atomic mass is 10.1. The number of para-hydroxylation sites is 1. The van der Waals surface area contributed by atoms with Gasteiger partial charge < -0.3 is 9.47 Å². The van der Waals surface area contributed by atoms with Crippen molar-refractivity contribution < 1.29 is 28.9 Å². The zero-order valence-electron chi connectivity index (χ0n) is 20.1. The largest absolute Gasteiger partial charge is 0.490 e. The van der Waals surface area contributed by atoms with Gasteiger partial charge >= 0.3 is 0 Å². The number of thioether (sulfide) groups is 1. The molecule has 1 fully saturated rings. The van der Waals surface area contributed by atoms with Crippen LogP contribution in [0.25, 0.3) is 6.08 Å². The van der Waals surface area contributed by atoms with Crippen LogP contribution in [0.4, 0.5) is 16.2 Å². The molecule has 1 saturated heterocycles. The van der Waals surface area contributed by atoms with Crippen molar-refractivity contribution in [3.63, 3.8) is 0 Å². The van der Waals surface area contributed by atoms with E-state index >= 15 is 0 Å². The highest BCUT2D eigenvalue weighted by molar-refractivity contribution is 8.18. The number of nitrogens with zero attached hydrogens (tertiary/aromatic N) is 3. The molecule has 4 rings (SSSR count). The number of carbonyl (C=O) groups excluding carboxylic acids is 2. The summed E-state index contributed by atoms with van der Waals surface area (Å²) in [6.45, 7) is 1.99. The van der Waals surface area contributed by atoms with Crippen molar-refractivity contribution in [1.82, 2.24) is 4.90 Å². The van der Waals surface area contributed by atoms with E-state index in [1.54, 1.807) is 43.3 Å². The molecule has 0 N–H and O–H groups in total. The average Bonchev–Trinajstić information content (AvgIpc) is 3.16. The van der Waals surface area contributed by atoms with E-state index in [0.717, 1.165) is 16.7 Å². The van der Waals surface area contributed by atoms with Gasteiger partial charge in [0.15, 0.2) is 11.5 Å². The first-order chi connectivity index (χ1) is 18.3. The third kappa shape index (κ3) is 5.98. The number of rotatable bonds is 10. The quantitative estimate of drug-likeness (QED) is 0.181. The van der Waals surface area contributed by atoms with Crippen molar-refractivity contribution >= 4 is 40.4 Å². The van der Waals surface area contributed by atoms with Gasteiger partial charge in [0.25, 0.3) is 22.5 Å². The molecule has 3 aromatic rings. The molecule has 0 aromatic heterocycles. The summed E-state index contributed by atoms with van der Waals surface area (Å²) >= 11 is 0.746. The van der Waals surface area contributed by atoms with Gasteiger partial charge in [-0.1, -0.05) is 36.4 Å². The molecule has 0 unspecified atom stereocenters. The van der Waals surface area contributed by atoms with Crippen molar-refractivity contribution in [2.24, 2.45) is 0 Å². The Kier molecular flexibility index (Phi) is 8.02. The Balaban J connectivity index is 1.52. The Bertz CT molecular complexity index is 1460. The number of imide groups is 1. The SMILES string of the molecule is CCOc1cc(/C=C2/SC(=O)N(Cc3ccccc3[N+](=O)[O-])C2=O)ccc1OCc1cccc([N+](=O)[O-])c1. The second kappa shape index (κ2) is 11.6. The van der Waals surface area contributed by atoms with Crippen LogP contribution in [-0.2, 0) is 17.9 Å². The van der Waals surface area contributed by atoms with Crippen LogP contribution in [0.1, 0.15) is 23.6 Å². The molecule has 1 aliphatic heterocycles. The van der Waals surface area contributed by atoms with Gasteiger partial charge in [0, 0.05) is 23.8 Å². The topological polar surface area (TPSA) is 142 Å². The standard InChI is InChI=1S/C26H21N3O8S/c1-2-36-23-13-17(10-11-22(23)37-16-18-6-5-8-20(12-18)28(32)33)14-24-25(30)27(26(31)38-24)15-19-7-3-4-9-21(19)29(34)35/h3-14H,2,15-16H2,1H3/b24-14+. The lowest BCUT2D eigenvalue weighted by molar-refractivity contribution is -0.385. The fourth-order valence-electron chi connectivity index (χ4n) is 3.70. The van der Waals surface area contributed by atoms with Crippen LogP contribution >= 0.6 is 11.8 Å². The Hall–Kier alpha value is -4.71. The zero-order valence-corrected chi connectivity index (χ0v) is 20.9. The summed E-state index contributed by atoms with van der Waals surface area (Å²) in [5, 5.41) is 21.8. The molecule has 1 heterocycles. The second-order valence-corrected chi connectivity index (χ2v) is 9.00. The van der Waals surface area contributed by atoms with E-state index in [0.29, 0.717) is 29.2 Å². The van der Waals surface area contributed by atoms with Gasteiger partial charge in [-0.05, 0) is 48.0 Å². The van der Waals surface area contributed by atoms with Crippen molar-refractivity contribution in [1.29, 1.82) is 0 Å². The first-order valence-corrected chi connectivity index (χ1v) is 12.2. The fourth-order valence-corrected chi connectivity index (χ4v) is 4.54. The monoisotopic (exact) mass is 535 g/mol. The van der Waals surface area contributed by atoms with Crippen LogP contribution in [0.2, 0.25) is 0 Å². The van der Waals surface area contributed by atoms with Gasteiger partial charge in [-0.25, -0.2) is 0 Å². The lowest BCUT2D eigenvalue weighted by Crippen LogP contribution is -2.27.